The third kappa shape index (κ3) is 3.50. The molecule has 23 heavy (non-hydrogen) atoms. The van der Waals surface area contributed by atoms with E-state index in [2.05, 4.69) is 0 Å². The third-order valence-corrected chi connectivity index (χ3v) is 5.29. The summed E-state index contributed by atoms with van der Waals surface area (Å²) >= 11 is 6.17. The summed E-state index contributed by atoms with van der Waals surface area (Å²) in [6, 6.07) is 7.53. The molecule has 0 saturated heterocycles. The smallest absolute Gasteiger partial charge is 0.243 e. The van der Waals surface area contributed by atoms with E-state index in [1.807, 2.05) is 45.0 Å². The van der Waals surface area contributed by atoms with Crippen molar-refractivity contribution in [2.24, 2.45) is 11.1 Å². The van der Waals surface area contributed by atoms with Gasteiger partial charge in [-0.1, -0.05) is 43.6 Å². The Bertz CT molecular complexity index is 565. The molecule has 1 saturated carbocycles. The van der Waals surface area contributed by atoms with Crippen LogP contribution < -0.4 is 5.73 Å². The second kappa shape index (κ2) is 7.39. The average molecular weight is 361 g/mol. The van der Waals surface area contributed by atoms with Crippen LogP contribution >= 0.6 is 24.0 Å². The molecule has 0 aliphatic heterocycles. The lowest BCUT2D eigenvalue weighted by Gasteiger charge is -2.58. The molecule has 1 fully saturated rings. The van der Waals surface area contributed by atoms with E-state index in [1.165, 1.54) is 0 Å². The predicted molar refractivity (Wildman–Crippen MR) is 95.9 cm³/mol. The minimum atomic E-state index is -0.886. The van der Waals surface area contributed by atoms with Crippen molar-refractivity contribution in [2.75, 3.05) is 13.7 Å². The molecule has 0 bridgehead atoms. The van der Waals surface area contributed by atoms with Gasteiger partial charge in [0.15, 0.2) is 0 Å². The summed E-state index contributed by atoms with van der Waals surface area (Å²) in [7, 11) is 1.77. The van der Waals surface area contributed by atoms with E-state index in [1.54, 1.807) is 11.9 Å². The maximum Gasteiger partial charge on any atom is 0.243 e. The van der Waals surface area contributed by atoms with Crippen LogP contribution in [0.2, 0.25) is 5.02 Å². The highest BCUT2D eigenvalue weighted by atomic mass is 35.5. The van der Waals surface area contributed by atoms with Gasteiger partial charge in [-0.3, -0.25) is 4.79 Å². The molecule has 2 atom stereocenters. The molecule has 130 valence electrons. The van der Waals surface area contributed by atoms with Crippen LogP contribution in [0.4, 0.5) is 0 Å². The number of likely N-dealkylation sites (N-methyl/N-ethyl adjacent to an activating group) is 1. The molecular formula is C17H26Cl2N2O2. The Morgan fingerprint density at radius 1 is 1.43 bits per heavy atom. The molecule has 1 aliphatic rings. The quantitative estimate of drug-likeness (QED) is 0.876. The fourth-order valence-electron chi connectivity index (χ4n) is 3.09. The Hall–Kier alpha value is -0.810. The van der Waals surface area contributed by atoms with Gasteiger partial charge in [-0.15, -0.1) is 12.4 Å². The first-order valence-corrected chi connectivity index (χ1v) is 8.01. The summed E-state index contributed by atoms with van der Waals surface area (Å²) in [4.78, 5) is 14.5. The molecule has 2 unspecified atom stereocenters. The topological polar surface area (TPSA) is 55.6 Å². The van der Waals surface area contributed by atoms with Crippen molar-refractivity contribution >= 4 is 29.9 Å². The lowest BCUT2D eigenvalue weighted by Crippen LogP contribution is -2.75. The molecule has 6 heteroatoms. The highest BCUT2D eigenvalue weighted by Gasteiger charge is 2.63. The van der Waals surface area contributed by atoms with Crippen LogP contribution in [0.15, 0.2) is 24.3 Å². The summed E-state index contributed by atoms with van der Waals surface area (Å²) in [6.07, 6.45) is 0.583. The molecule has 1 aromatic carbocycles. The van der Waals surface area contributed by atoms with Gasteiger partial charge in [0.05, 0.1) is 6.10 Å². The van der Waals surface area contributed by atoms with Crippen molar-refractivity contribution in [3.8, 4) is 0 Å². The minimum absolute atomic E-state index is 0. The molecule has 0 heterocycles. The number of halogens is 2. The standard InChI is InChI=1S/C17H25ClN2O2.ClH/c1-5-22-14-10-17(19,16(14,2)3)15(21)20(4)11-12-8-6-7-9-13(12)18;/h6-9,14H,5,10-11,19H2,1-4H3;1H. The van der Waals surface area contributed by atoms with Gasteiger partial charge in [0.2, 0.25) is 5.91 Å². The number of nitrogens with two attached hydrogens (primary N) is 1. The molecule has 2 rings (SSSR count). The van der Waals surface area contributed by atoms with Crippen molar-refractivity contribution in [1.82, 2.24) is 4.90 Å². The maximum atomic E-state index is 12.8. The second-order valence-corrected chi connectivity index (χ2v) is 7.00. The van der Waals surface area contributed by atoms with Crippen molar-refractivity contribution in [3.63, 3.8) is 0 Å². The molecule has 1 aromatic rings. The summed E-state index contributed by atoms with van der Waals surface area (Å²) in [5.41, 5.74) is 6.09. The maximum absolute atomic E-state index is 12.8. The Morgan fingerprint density at radius 2 is 2.04 bits per heavy atom. The SMILES string of the molecule is CCOC1CC(N)(C(=O)N(C)Cc2ccccc2Cl)C1(C)C.Cl. The second-order valence-electron chi connectivity index (χ2n) is 6.59. The van der Waals surface area contributed by atoms with E-state index in [-0.39, 0.29) is 29.8 Å². The third-order valence-electron chi connectivity index (χ3n) is 4.92. The summed E-state index contributed by atoms with van der Waals surface area (Å²) in [5.74, 6) is -0.0617. The molecule has 0 aromatic heterocycles. The number of ether oxygens (including phenoxy) is 1. The van der Waals surface area contributed by atoms with E-state index >= 15 is 0 Å². The van der Waals surface area contributed by atoms with Gasteiger partial charge in [-0.25, -0.2) is 0 Å². The van der Waals surface area contributed by atoms with Gasteiger partial charge < -0.3 is 15.4 Å². The number of carbonyl (C=O) groups excluding carboxylic acids is 1. The average Bonchev–Trinajstić information content (AvgIpc) is 2.48. The fraction of sp³-hybridized carbons (Fsp3) is 0.588. The number of hydrogen-bond donors (Lipinski definition) is 1. The van der Waals surface area contributed by atoms with Gasteiger partial charge in [-0.05, 0) is 18.6 Å². The van der Waals surface area contributed by atoms with E-state index < -0.39 is 5.54 Å². The monoisotopic (exact) mass is 360 g/mol. The molecule has 0 radical (unpaired) electrons. The Morgan fingerprint density at radius 3 is 2.57 bits per heavy atom. The highest BCUT2D eigenvalue weighted by Crippen LogP contribution is 2.50. The lowest BCUT2D eigenvalue weighted by atomic mass is 9.54. The first-order chi connectivity index (χ1) is 10.2. The number of amides is 1. The van der Waals surface area contributed by atoms with Crippen LogP contribution in [0.25, 0.3) is 0 Å². The molecule has 0 spiro atoms. The van der Waals surface area contributed by atoms with Gasteiger partial charge in [0.25, 0.3) is 0 Å². The number of hydrogen-bond acceptors (Lipinski definition) is 3. The van der Waals surface area contributed by atoms with Crippen molar-refractivity contribution in [2.45, 2.75) is 45.4 Å². The van der Waals surface area contributed by atoms with E-state index in [0.29, 0.717) is 24.6 Å². The molecular weight excluding hydrogens is 335 g/mol. The summed E-state index contributed by atoms with van der Waals surface area (Å²) in [6.45, 7) is 7.04. The van der Waals surface area contributed by atoms with Gasteiger partial charge in [-0.2, -0.15) is 0 Å². The van der Waals surface area contributed by atoms with Crippen LogP contribution in [0.3, 0.4) is 0 Å². The van der Waals surface area contributed by atoms with Crippen LogP contribution in [-0.4, -0.2) is 36.1 Å². The van der Waals surface area contributed by atoms with Gasteiger partial charge >= 0.3 is 0 Å². The van der Waals surface area contributed by atoms with E-state index in [4.69, 9.17) is 22.1 Å². The first kappa shape index (κ1) is 20.2. The van der Waals surface area contributed by atoms with Crippen LogP contribution in [0, 0.1) is 5.41 Å². The largest absolute Gasteiger partial charge is 0.378 e. The van der Waals surface area contributed by atoms with E-state index in [9.17, 15) is 4.79 Å². The van der Waals surface area contributed by atoms with Crippen molar-refractivity contribution < 1.29 is 9.53 Å². The highest BCUT2D eigenvalue weighted by molar-refractivity contribution is 6.31. The first-order valence-electron chi connectivity index (χ1n) is 7.63. The zero-order valence-corrected chi connectivity index (χ0v) is 15.7. The Labute approximate surface area is 149 Å². The molecule has 1 aliphatic carbocycles. The van der Waals surface area contributed by atoms with Crippen LogP contribution in [-0.2, 0) is 16.1 Å². The zero-order chi connectivity index (χ0) is 16.5. The van der Waals surface area contributed by atoms with Gasteiger partial charge in [0, 0.05) is 37.1 Å². The van der Waals surface area contributed by atoms with Crippen molar-refractivity contribution in [1.29, 1.82) is 0 Å². The lowest BCUT2D eigenvalue weighted by molar-refractivity contribution is -0.178. The normalized spacial score (nSPS) is 25.2. The molecule has 2 N–H and O–H groups in total. The van der Waals surface area contributed by atoms with Crippen LogP contribution in [0.1, 0.15) is 32.8 Å². The molecule has 1 amide bonds. The predicted octanol–water partition coefficient (Wildman–Crippen LogP) is 3.25. The fourth-order valence-corrected chi connectivity index (χ4v) is 3.29. The Kier molecular flexibility index (Phi) is 6.50. The van der Waals surface area contributed by atoms with Crippen molar-refractivity contribution in [3.05, 3.63) is 34.9 Å². The van der Waals surface area contributed by atoms with Crippen LogP contribution in [0.5, 0.6) is 0 Å². The minimum Gasteiger partial charge on any atom is -0.378 e. The number of rotatable bonds is 5. The number of carbonyl (C=O) groups is 1. The molecule has 4 nitrogen and oxygen atoms in total. The number of benzene rings is 1. The van der Waals surface area contributed by atoms with Gasteiger partial charge in [0.1, 0.15) is 5.54 Å². The summed E-state index contributed by atoms with van der Waals surface area (Å²) < 4.78 is 5.68. The number of nitrogens with zero attached hydrogens (tertiary/aromatic N) is 1. The summed E-state index contributed by atoms with van der Waals surface area (Å²) in [5, 5.41) is 0.660. The Balaban J connectivity index is 0.00000264. The van der Waals surface area contributed by atoms with E-state index in [0.717, 1.165) is 5.56 Å². The zero-order valence-electron chi connectivity index (χ0n) is 14.1.